The van der Waals surface area contributed by atoms with Gasteiger partial charge in [-0.1, -0.05) is 18.2 Å². The lowest BCUT2D eigenvalue weighted by molar-refractivity contribution is -0.152. The molecule has 3 amide bonds. The van der Waals surface area contributed by atoms with Crippen LogP contribution in [0.1, 0.15) is 37.6 Å². The number of carboxylic acids is 1. The Balaban J connectivity index is 1.21. The molecular weight excluding hydrogens is 593 g/mol. The van der Waals surface area contributed by atoms with E-state index in [9.17, 15) is 28.7 Å². The van der Waals surface area contributed by atoms with Crippen molar-refractivity contribution >= 4 is 47.6 Å². The van der Waals surface area contributed by atoms with E-state index in [4.69, 9.17) is 14.9 Å². The molecule has 5 rings (SSSR count). The Labute approximate surface area is 255 Å². The summed E-state index contributed by atoms with van der Waals surface area (Å²) in [5.74, 6) is -4.75. The zero-order valence-corrected chi connectivity index (χ0v) is 24.1. The van der Waals surface area contributed by atoms with Crippen molar-refractivity contribution in [2.45, 2.75) is 24.8 Å². The zero-order valence-electron chi connectivity index (χ0n) is 23.3. The molecule has 2 aromatic carbocycles. The number of likely N-dealkylation sites (tertiary alicyclic amines) is 1. The van der Waals surface area contributed by atoms with E-state index in [1.807, 2.05) is 0 Å². The minimum atomic E-state index is -1.39. The first-order valence-corrected chi connectivity index (χ1v) is 14.4. The monoisotopic (exact) mass is 621 g/mol. The number of hydrogen-bond acceptors (Lipinski definition) is 8. The molecule has 228 valence electrons. The Morgan fingerprint density at radius 3 is 2.45 bits per heavy atom. The molecule has 0 radical (unpaired) electrons. The average molecular weight is 622 g/mol. The van der Waals surface area contributed by atoms with Crippen LogP contribution in [0.3, 0.4) is 0 Å². The van der Waals surface area contributed by atoms with Gasteiger partial charge in [0.15, 0.2) is 11.6 Å². The Morgan fingerprint density at radius 2 is 1.77 bits per heavy atom. The summed E-state index contributed by atoms with van der Waals surface area (Å²) in [6, 6.07) is 10.7. The minimum Gasteiger partial charge on any atom is -0.478 e. The quantitative estimate of drug-likeness (QED) is 0.210. The first-order valence-electron chi connectivity index (χ1n) is 13.5. The summed E-state index contributed by atoms with van der Waals surface area (Å²) >= 11 is 1.36. The highest BCUT2D eigenvalue weighted by molar-refractivity contribution is 7.10. The number of carbonyl (C=O) groups is 4. The fourth-order valence-electron chi connectivity index (χ4n) is 5.06. The van der Waals surface area contributed by atoms with Crippen LogP contribution in [-0.2, 0) is 25.6 Å². The van der Waals surface area contributed by atoms with Crippen LogP contribution >= 0.6 is 11.3 Å². The van der Waals surface area contributed by atoms with Gasteiger partial charge < -0.3 is 30.1 Å². The van der Waals surface area contributed by atoms with Crippen LogP contribution in [0.4, 0.5) is 4.39 Å². The van der Waals surface area contributed by atoms with Gasteiger partial charge in [0.1, 0.15) is 11.9 Å². The Kier molecular flexibility index (Phi) is 8.94. The van der Waals surface area contributed by atoms with E-state index in [1.165, 1.54) is 40.5 Å². The van der Waals surface area contributed by atoms with Gasteiger partial charge in [0.25, 0.3) is 5.91 Å². The molecule has 0 saturated carbocycles. The Hall–Kier alpha value is -4.79. The number of ether oxygens (including phenoxy) is 2. The van der Waals surface area contributed by atoms with Crippen LogP contribution in [0.5, 0.6) is 0 Å². The third-order valence-electron chi connectivity index (χ3n) is 7.33. The summed E-state index contributed by atoms with van der Waals surface area (Å²) in [6.07, 6.45) is 0.133. The lowest BCUT2D eigenvalue weighted by Crippen LogP contribution is -2.49. The van der Waals surface area contributed by atoms with E-state index in [-0.39, 0.29) is 37.5 Å². The number of thiophene rings is 1. The standard InChI is InChI=1S/C30H28FN5O7S/c1-33-26(32)20-10-21(44-15-20)13-34-28(39)24-12-30(42-8-9-43-30)16-36(24)25(37)14-35-27(38)18-4-2-17(3-5-18)19-6-7-23(31)22(11-19)29(40)41/h2-7,10-11,15,24,32H,1,8-9,12-14,16H2,(H,34,39)(H,35,38)(H,40,41)/t24-/m0/s1. The fraction of sp³-hybridized carbons (Fsp3) is 0.267. The topological polar surface area (TPSA) is 170 Å². The summed E-state index contributed by atoms with van der Waals surface area (Å²) in [4.78, 5) is 56.3. The van der Waals surface area contributed by atoms with Crippen molar-refractivity contribution in [2.75, 3.05) is 26.3 Å². The summed E-state index contributed by atoms with van der Waals surface area (Å²) < 4.78 is 25.3. The fourth-order valence-corrected chi connectivity index (χ4v) is 5.87. The lowest BCUT2D eigenvalue weighted by atomic mass is 10.0. The normalized spacial score (nSPS) is 16.9. The summed E-state index contributed by atoms with van der Waals surface area (Å²) in [5.41, 5.74) is 1.40. The number of nitrogens with one attached hydrogen (secondary N) is 3. The maximum atomic E-state index is 13.8. The smallest absolute Gasteiger partial charge is 0.338 e. The van der Waals surface area contributed by atoms with Crippen LogP contribution in [-0.4, -0.2) is 84.4 Å². The van der Waals surface area contributed by atoms with Gasteiger partial charge in [-0.25, -0.2) is 14.2 Å². The van der Waals surface area contributed by atoms with Gasteiger partial charge in [0.2, 0.25) is 11.8 Å². The molecule has 3 aromatic rings. The highest BCUT2D eigenvalue weighted by Gasteiger charge is 2.52. The number of carboxylic acid groups (broad SMARTS) is 1. The second-order valence-electron chi connectivity index (χ2n) is 10.1. The van der Waals surface area contributed by atoms with Gasteiger partial charge in [-0.15, -0.1) is 11.3 Å². The van der Waals surface area contributed by atoms with E-state index >= 15 is 0 Å². The Bertz CT molecular complexity index is 1630. The third-order valence-corrected chi connectivity index (χ3v) is 8.26. The van der Waals surface area contributed by atoms with Crippen molar-refractivity contribution in [3.05, 3.63) is 81.3 Å². The van der Waals surface area contributed by atoms with Crippen molar-refractivity contribution in [1.82, 2.24) is 15.5 Å². The van der Waals surface area contributed by atoms with Crippen LogP contribution < -0.4 is 10.6 Å². The van der Waals surface area contributed by atoms with Gasteiger partial charge in [-0.3, -0.25) is 19.8 Å². The van der Waals surface area contributed by atoms with Gasteiger partial charge in [0, 0.05) is 27.8 Å². The van der Waals surface area contributed by atoms with E-state index in [2.05, 4.69) is 22.3 Å². The average Bonchev–Trinajstić information content (AvgIpc) is 3.79. The number of aromatic carboxylic acids is 1. The van der Waals surface area contributed by atoms with Crippen molar-refractivity contribution in [3.63, 3.8) is 0 Å². The first kappa shape index (κ1) is 30.7. The number of halogens is 1. The molecule has 12 nitrogen and oxygen atoms in total. The second-order valence-corrected chi connectivity index (χ2v) is 11.1. The maximum absolute atomic E-state index is 13.8. The minimum absolute atomic E-state index is 0.0236. The number of benzene rings is 2. The predicted octanol–water partition coefficient (Wildman–Crippen LogP) is 2.67. The zero-order chi connectivity index (χ0) is 31.4. The molecule has 3 heterocycles. The van der Waals surface area contributed by atoms with E-state index < -0.39 is 46.9 Å². The van der Waals surface area contributed by atoms with Gasteiger partial charge in [-0.2, -0.15) is 0 Å². The molecule has 14 heteroatoms. The lowest BCUT2D eigenvalue weighted by Gasteiger charge is -2.24. The SMILES string of the molecule is C=NC(=N)c1csc(CNC(=O)[C@@H]2CC3(CN2C(=O)CNC(=O)c2ccc(-c4ccc(F)c(C(=O)O)c4)cc2)OCCO3)c1. The number of hydrogen-bond donors (Lipinski definition) is 4. The molecule has 2 saturated heterocycles. The number of aliphatic imine (C=N–C) groups is 1. The number of amidine groups is 1. The molecule has 0 bridgehead atoms. The van der Waals surface area contributed by atoms with Crippen molar-refractivity contribution in [2.24, 2.45) is 4.99 Å². The van der Waals surface area contributed by atoms with Crippen molar-refractivity contribution in [1.29, 1.82) is 5.41 Å². The molecule has 2 fully saturated rings. The van der Waals surface area contributed by atoms with Crippen molar-refractivity contribution in [3.8, 4) is 11.1 Å². The van der Waals surface area contributed by atoms with Crippen molar-refractivity contribution < 1.29 is 38.1 Å². The van der Waals surface area contributed by atoms with E-state index in [0.29, 0.717) is 29.9 Å². The van der Waals surface area contributed by atoms with Crippen LogP contribution in [0.15, 0.2) is 58.9 Å². The highest BCUT2D eigenvalue weighted by atomic mass is 32.1. The summed E-state index contributed by atoms with van der Waals surface area (Å²) in [5, 5.41) is 24.1. The van der Waals surface area contributed by atoms with E-state index in [1.54, 1.807) is 23.6 Å². The number of amides is 3. The first-order chi connectivity index (χ1) is 21.1. The number of nitrogens with zero attached hydrogens (tertiary/aromatic N) is 2. The summed E-state index contributed by atoms with van der Waals surface area (Å²) in [7, 11) is 0. The molecule has 1 aromatic heterocycles. The van der Waals surface area contributed by atoms with Crippen LogP contribution in [0.2, 0.25) is 0 Å². The molecular formula is C30H28FN5O7S. The van der Waals surface area contributed by atoms with Gasteiger partial charge in [-0.05, 0) is 48.2 Å². The molecule has 4 N–H and O–H groups in total. The molecule has 2 aliphatic heterocycles. The van der Waals surface area contributed by atoms with E-state index in [0.717, 1.165) is 10.9 Å². The summed E-state index contributed by atoms with van der Waals surface area (Å²) in [6.45, 7) is 3.84. The molecule has 0 aliphatic carbocycles. The Morgan fingerprint density at radius 1 is 1.07 bits per heavy atom. The van der Waals surface area contributed by atoms with Gasteiger partial charge in [0.05, 0.1) is 38.4 Å². The largest absolute Gasteiger partial charge is 0.478 e. The molecule has 0 unspecified atom stereocenters. The number of carbonyl (C=O) groups excluding carboxylic acids is 3. The third kappa shape index (κ3) is 6.56. The number of rotatable bonds is 9. The maximum Gasteiger partial charge on any atom is 0.338 e. The molecule has 1 spiro atoms. The highest BCUT2D eigenvalue weighted by Crippen LogP contribution is 2.35. The molecule has 44 heavy (non-hydrogen) atoms. The predicted molar refractivity (Wildman–Crippen MR) is 158 cm³/mol. The second kappa shape index (κ2) is 12.8. The van der Waals surface area contributed by atoms with Crippen LogP contribution in [0, 0.1) is 11.2 Å². The van der Waals surface area contributed by atoms with Crippen LogP contribution in [0.25, 0.3) is 11.1 Å². The van der Waals surface area contributed by atoms with Gasteiger partial charge >= 0.3 is 5.97 Å². The molecule has 1 atom stereocenters. The molecule has 2 aliphatic rings.